The number of carbonyl (C=O) groups excluding carboxylic acids is 3. The van der Waals surface area contributed by atoms with E-state index in [-0.39, 0.29) is 22.0 Å². The van der Waals surface area contributed by atoms with Gasteiger partial charge >= 0.3 is 12.1 Å². The highest BCUT2D eigenvalue weighted by molar-refractivity contribution is 8.18. The van der Waals surface area contributed by atoms with Crippen molar-refractivity contribution in [2.45, 2.75) is 37.5 Å². The minimum atomic E-state index is -4.56. The van der Waals surface area contributed by atoms with Crippen LogP contribution in [0, 0.1) is 0 Å². The van der Waals surface area contributed by atoms with Crippen LogP contribution in [0.3, 0.4) is 0 Å². The second-order valence-electron chi connectivity index (χ2n) is 8.81. The molecule has 3 aromatic rings. The zero-order valence-electron chi connectivity index (χ0n) is 19.3. The standard InChI is InChI=1S/C25H19ClF3N3O4S/c1-36-22(34)24(7-2-8-24)32-21(33)20(37-23(32)35)10-14-3-6-19-16(9-14)12-30-31(19)13-15-4-5-17(26)11-18(15)25(27,28)29/h3-6,9-12H,2,7-8,13H2,1H3. The largest absolute Gasteiger partial charge is 0.467 e. The van der Waals surface area contributed by atoms with Crippen molar-refractivity contribution in [1.29, 1.82) is 0 Å². The summed E-state index contributed by atoms with van der Waals surface area (Å²) in [5, 5.41) is 4.34. The Hall–Kier alpha value is -3.31. The Morgan fingerprint density at radius 2 is 1.97 bits per heavy atom. The smallest absolute Gasteiger partial charge is 0.416 e. The van der Waals surface area contributed by atoms with E-state index in [0.717, 1.165) is 22.7 Å². The molecule has 192 valence electrons. The summed E-state index contributed by atoms with van der Waals surface area (Å²) in [6, 6.07) is 8.70. The van der Waals surface area contributed by atoms with Crippen LogP contribution < -0.4 is 0 Å². The zero-order valence-corrected chi connectivity index (χ0v) is 20.9. The molecule has 37 heavy (non-hydrogen) atoms. The van der Waals surface area contributed by atoms with Gasteiger partial charge in [0.05, 0.1) is 35.8 Å². The van der Waals surface area contributed by atoms with Gasteiger partial charge in [-0.15, -0.1) is 0 Å². The van der Waals surface area contributed by atoms with Gasteiger partial charge in [-0.05, 0) is 72.5 Å². The number of halogens is 4. The van der Waals surface area contributed by atoms with Crippen LogP contribution in [0.4, 0.5) is 18.0 Å². The van der Waals surface area contributed by atoms with Crippen LogP contribution in [-0.4, -0.2) is 44.4 Å². The molecule has 1 aliphatic heterocycles. The molecule has 1 saturated carbocycles. The summed E-state index contributed by atoms with van der Waals surface area (Å²) in [4.78, 5) is 39.3. The molecule has 7 nitrogen and oxygen atoms in total. The number of esters is 1. The molecule has 0 bridgehead atoms. The number of hydrogen-bond acceptors (Lipinski definition) is 6. The van der Waals surface area contributed by atoms with Crippen molar-refractivity contribution in [2.75, 3.05) is 7.11 Å². The highest BCUT2D eigenvalue weighted by atomic mass is 35.5. The molecule has 2 heterocycles. The molecular formula is C25H19ClF3N3O4S. The molecule has 0 N–H and O–H groups in total. The van der Waals surface area contributed by atoms with Gasteiger partial charge in [-0.2, -0.15) is 18.3 Å². The number of ether oxygens (including phenoxy) is 1. The van der Waals surface area contributed by atoms with E-state index in [0.29, 0.717) is 35.7 Å². The van der Waals surface area contributed by atoms with Crippen molar-refractivity contribution in [1.82, 2.24) is 14.7 Å². The highest BCUT2D eigenvalue weighted by Gasteiger charge is 2.58. The molecule has 0 unspecified atom stereocenters. The summed E-state index contributed by atoms with van der Waals surface area (Å²) in [5.41, 5.74) is -0.872. The maximum Gasteiger partial charge on any atom is 0.416 e. The minimum absolute atomic E-state index is 0.00901. The average Bonchev–Trinajstić information content (AvgIpc) is 3.34. The van der Waals surface area contributed by atoms with Gasteiger partial charge in [0, 0.05) is 10.4 Å². The average molecular weight is 550 g/mol. The summed E-state index contributed by atoms with van der Waals surface area (Å²) in [6.07, 6.45) is -0.0730. The van der Waals surface area contributed by atoms with E-state index in [9.17, 15) is 27.6 Å². The first-order valence-electron chi connectivity index (χ1n) is 11.2. The van der Waals surface area contributed by atoms with E-state index < -0.39 is 34.4 Å². The fraction of sp³-hybridized carbons (Fsp3) is 0.280. The molecule has 1 aliphatic carbocycles. The topological polar surface area (TPSA) is 81.5 Å². The molecule has 1 saturated heterocycles. The molecule has 12 heteroatoms. The number of rotatable bonds is 5. The minimum Gasteiger partial charge on any atom is -0.467 e. The van der Waals surface area contributed by atoms with Crippen LogP contribution in [-0.2, 0) is 27.0 Å². The number of carbonyl (C=O) groups is 3. The van der Waals surface area contributed by atoms with Gasteiger partial charge in [0.15, 0.2) is 0 Å². The van der Waals surface area contributed by atoms with Crippen LogP contribution in [0.5, 0.6) is 0 Å². The Labute approximate surface area is 218 Å². The van der Waals surface area contributed by atoms with Gasteiger partial charge in [0.2, 0.25) is 0 Å². The third kappa shape index (κ3) is 4.40. The Balaban J connectivity index is 1.42. The Morgan fingerprint density at radius 1 is 1.22 bits per heavy atom. The Morgan fingerprint density at radius 3 is 2.62 bits per heavy atom. The number of imide groups is 1. The Bertz CT molecular complexity index is 1480. The van der Waals surface area contributed by atoms with E-state index in [1.165, 1.54) is 30.1 Å². The summed E-state index contributed by atoms with van der Waals surface area (Å²) in [6.45, 7) is -0.122. The van der Waals surface area contributed by atoms with Gasteiger partial charge in [0.25, 0.3) is 11.1 Å². The molecule has 2 aliphatic rings. The van der Waals surface area contributed by atoms with Crippen molar-refractivity contribution in [2.24, 2.45) is 0 Å². The number of hydrogen-bond donors (Lipinski definition) is 0. The number of benzene rings is 2. The summed E-state index contributed by atoms with van der Waals surface area (Å²) in [5.74, 6) is -1.16. The summed E-state index contributed by atoms with van der Waals surface area (Å²) >= 11 is 6.52. The van der Waals surface area contributed by atoms with E-state index in [1.54, 1.807) is 24.3 Å². The lowest BCUT2D eigenvalue weighted by Gasteiger charge is -2.43. The molecule has 2 aromatic carbocycles. The lowest BCUT2D eigenvalue weighted by molar-refractivity contribution is -0.162. The predicted octanol–water partition coefficient (Wildman–Crippen LogP) is 5.89. The quantitative estimate of drug-likeness (QED) is 0.292. The molecular weight excluding hydrogens is 531 g/mol. The fourth-order valence-corrected chi connectivity index (χ4v) is 5.72. The normalized spacial score (nSPS) is 18.5. The number of nitrogens with zero attached hydrogens (tertiary/aromatic N) is 3. The second-order valence-corrected chi connectivity index (χ2v) is 10.2. The molecule has 1 aromatic heterocycles. The summed E-state index contributed by atoms with van der Waals surface area (Å²) in [7, 11) is 1.23. The third-order valence-corrected chi connectivity index (χ3v) is 7.73. The number of fused-ring (bicyclic) bond motifs is 1. The molecule has 5 rings (SSSR count). The number of aromatic nitrogens is 2. The van der Waals surface area contributed by atoms with Gasteiger partial charge in [-0.3, -0.25) is 19.2 Å². The van der Waals surface area contributed by atoms with Gasteiger partial charge in [0.1, 0.15) is 5.54 Å². The van der Waals surface area contributed by atoms with Crippen molar-refractivity contribution in [3.05, 3.63) is 69.2 Å². The van der Waals surface area contributed by atoms with Crippen LogP contribution in [0.2, 0.25) is 5.02 Å². The van der Waals surface area contributed by atoms with E-state index in [2.05, 4.69) is 5.10 Å². The first kappa shape index (κ1) is 25.3. The SMILES string of the molecule is COC(=O)C1(N2C(=O)SC(=Cc3ccc4c(cnn4Cc4ccc(Cl)cc4C(F)(F)F)c3)C2=O)CCC1. The van der Waals surface area contributed by atoms with Crippen molar-refractivity contribution < 1.29 is 32.3 Å². The van der Waals surface area contributed by atoms with Crippen LogP contribution >= 0.6 is 23.4 Å². The maximum atomic E-state index is 13.5. The Kier molecular flexibility index (Phi) is 6.31. The van der Waals surface area contributed by atoms with Crippen molar-refractivity contribution in [3.8, 4) is 0 Å². The van der Waals surface area contributed by atoms with Crippen molar-refractivity contribution >= 4 is 57.5 Å². The van der Waals surface area contributed by atoms with Crippen LogP contribution in [0.15, 0.2) is 47.5 Å². The number of thioether (sulfide) groups is 1. The summed E-state index contributed by atoms with van der Waals surface area (Å²) < 4.78 is 46.8. The molecule has 0 radical (unpaired) electrons. The first-order chi connectivity index (χ1) is 17.5. The third-order valence-electron chi connectivity index (χ3n) is 6.63. The lowest BCUT2D eigenvalue weighted by atomic mass is 9.75. The first-order valence-corrected chi connectivity index (χ1v) is 12.4. The van der Waals surface area contributed by atoms with E-state index >= 15 is 0 Å². The van der Waals surface area contributed by atoms with E-state index in [1.807, 2.05) is 0 Å². The number of alkyl halides is 3. The van der Waals surface area contributed by atoms with Gasteiger partial charge < -0.3 is 4.74 Å². The van der Waals surface area contributed by atoms with Crippen LogP contribution in [0.25, 0.3) is 17.0 Å². The maximum absolute atomic E-state index is 13.5. The molecule has 0 atom stereocenters. The molecule has 2 amide bonds. The van der Waals surface area contributed by atoms with Gasteiger partial charge in [-0.25, -0.2) is 4.79 Å². The lowest BCUT2D eigenvalue weighted by Crippen LogP contribution is -2.61. The second kappa shape index (κ2) is 9.21. The van der Waals surface area contributed by atoms with E-state index in [4.69, 9.17) is 16.3 Å². The van der Waals surface area contributed by atoms with Crippen LogP contribution in [0.1, 0.15) is 36.0 Å². The highest BCUT2D eigenvalue weighted by Crippen LogP contribution is 2.46. The van der Waals surface area contributed by atoms with Crippen molar-refractivity contribution in [3.63, 3.8) is 0 Å². The number of amides is 2. The zero-order chi connectivity index (χ0) is 26.5. The van der Waals surface area contributed by atoms with Gasteiger partial charge in [-0.1, -0.05) is 23.7 Å². The molecule has 0 spiro atoms. The predicted molar refractivity (Wildman–Crippen MR) is 132 cm³/mol. The number of methoxy groups -OCH3 is 1. The monoisotopic (exact) mass is 549 g/mol. The fourth-order valence-electron chi connectivity index (χ4n) is 4.64. The molecule has 2 fully saturated rings.